The number of carbonyl (C=O) groups excluding carboxylic acids is 1. The SMILES string of the molecule is N#Cc1cccc(OC(=O)N2CCC(Cc3ccccc3)CC2)c1. The molecule has 1 aliphatic rings. The van der Waals surface area contributed by atoms with Crippen LogP contribution in [-0.2, 0) is 6.42 Å². The van der Waals surface area contributed by atoms with E-state index in [9.17, 15) is 4.79 Å². The lowest BCUT2D eigenvalue weighted by Gasteiger charge is -2.31. The second-order valence-corrected chi connectivity index (χ2v) is 6.13. The predicted molar refractivity (Wildman–Crippen MR) is 91.6 cm³/mol. The van der Waals surface area contributed by atoms with E-state index in [1.54, 1.807) is 29.2 Å². The monoisotopic (exact) mass is 320 g/mol. The first-order chi connectivity index (χ1) is 11.7. The van der Waals surface area contributed by atoms with Crippen LogP contribution in [0.5, 0.6) is 5.75 Å². The molecule has 0 aromatic heterocycles. The topological polar surface area (TPSA) is 53.3 Å². The third-order valence-corrected chi connectivity index (χ3v) is 4.41. The van der Waals surface area contributed by atoms with Crippen LogP contribution in [0.25, 0.3) is 0 Å². The van der Waals surface area contributed by atoms with Gasteiger partial charge < -0.3 is 9.64 Å². The summed E-state index contributed by atoms with van der Waals surface area (Å²) in [5.41, 5.74) is 1.84. The Morgan fingerprint density at radius 2 is 1.88 bits per heavy atom. The van der Waals surface area contributed by atoms with Crippen LogP contribution in [-0.4, -0.2) is 24.1 Å². The summed E-state index contributed by atoms with van der Waals surface area (Å²) in [4.78, 5) is 14.0. The summed E-state index contributed by atoms with van der Waals surface area (Å²) in [5, 5.41) is 8.89. The van der Waals surface area contributed by atoms with Gasteiger partial charge in [0.2, 0.25) is 0 Å². The highest BCUT2D eigenvalue weighted by atomic mass is 16.6. The van der Waals surface area contributed by atoms with Crippen LogP contribution in [0.15, 0.2) is 54.6 Å². The van der Waals surface area contributed by atoms with Crippen molar-refractivity contribution in [3.05, 3.63) is 65.7 Å². The third kappa shape index (κ3) is 4.14. The van der Waals surface area contributed by atoms with Gasteiger partial charge in [-0.05, 0) is 48.9 Å². The van der Waals surface area contributed by atoms with E-state index < -0.39 is 0 Å². The lowest BCUT2D eigenvalue weighted by Crippen LogP contribution is -2.40. The minimum Gasteiger partial charge on any atom is -0.410 e. The Morgan fingerprint density at radius 3 is 2.58 bits per heavy atom. The average Bonchev–Trinajstić information content (AvgIpc) is 2.63. The van der Waals surface area contributed by atoms with Gasteiger partial charge in [-0.25, -0.2) is 4.79 Å². The first-order valence-electron chi connectivity index (χ1n) is 8.25. The smallest absolute Gasteiger partial charge is 0.410 e. The quantitative estimate of drug-likeness (QED) is 0.858. The van der Waals surface area contributed by atoms with E-state index in [0.717, 1.165) is 19.3 Å². The van der Waals surface area contributed by atoms with Crippen molar-refractivity contribution in [3.8, 4) is 11.8 Å². The summed E-state index contributed by atoms with van der Waals surface area (Å²) in [6, 6.07) is 19.2. The molecular formula is C20H20N2O2. The van der Waals surface area contributed by atoms with Crippen LogP contribution in [0.2, 0.25) is 0 Å². The van der Waals surface area contributed by atoms with Gasteiger partial charge in [0.1, 0.15) is 5.75 Å². The summed E-state index contributed by atoms with van der Waals surface area (Å²) >= 11 is 0. The maximum atomic E-state index is 12.3. The number of piperidine rings is 1. The van der Waals surface area contributed by atoms with Crippen molar-refractivity contribution in [3.63, 3.8) is 0 Å². The molecule has 0 bridgehead atoms. The maximum Gasteiger partial charge on any atom is 0.415 e. The van der Waals surface area contributed by atoms with Crippen LogP contribution in [0.4, 0.5) is 4.79 Å². The summed E-state index contributed by atoms with van der Waals surface area (Å²) in [7, 11) is 0. The van der Waals surface area contributed by atoms with Gasteiger partial charge in [-0.15, -0.1) is 0 Å². The second-order valence-electron chi connectivity index (χ2n) is 6.13. The Balaban J connectivity index is 1.51. The van der Waals surface area contributed by atoms with Crippen LogP contribution in [0.3, 0.4) is 0 Å². The first kappa shape index (κ1) is 16.1. The zero-order valence-corrected chi connectivity index (χ0v) is 13.5. The zero-order chi connectivity index (χ0) is 16.8. The van der Waals surface area contributed by atoms with E-state index in [2.05, 4.69) is 24.3 Å². The standard InChI is InChI=1S/C20H20N2O2/c21-15-18-7-4-8-19(14-18)24-20(23)22-11-9-17(10-12-22)13-16-5-2-1-3-6-16/h1-8,14,17H,9-13H2. The molecule has 24 heavy (non-hydrogen) atoms. The number of likely N-dealkylation sites (tertiary alicyclic amines) is 1. The molecule has 3 rings (SSSR count). The van der Waals surface area contributed by atoms with Gasteiger partial charge in [0.15, 0.2) is 0 Å². The molecule has 1 aliphatic heterocycles. The van der Waals surface area contributed by atoms with Crippen molar-refractivity contribution in [2.75, 3.05) is 13.1 Å². The van der Waals surface area contributed by atoms with Crippen molar-refractivity contribution in [1.82, 2.24) is 4.90 Å². The van der Waals surface area contributed by atoms with Gasteiger partial charge in [0.05, 0.1) is 11.6 Å². The molecule has 1 fully saturated rings. The number of nitriles is 1. The Morgan fingerprint density at radius 1 is 1.12 bits per heavy atom. The third-order valence-electron chi connectivity index (χ3n) is 4.41. The fourth-order valence-electron chi connectivity index (χ4n) is 3.06. The van der Waals surface area contributed by atoms with Gasteiger partial charge in [0.25, 0.3) is 0 Å². The van der Waals surface area contributed by atoms with Crippen molar-refractivity contribution in [1.29, 1.82) is 5.26 Å². The Bertz CT molecular complexity index is 729. The number of nitrogens with zero attached hydrogens (tertiary/aromatic N) is 2. The normalized spacial score (nSPS) is 14.9. The summed E-state index contributed by atoms with van der Waals surface area (Å²) in [5.74, 6) is 1.03. The van der Waals surface area contributed by atoms with Crippen molar-refractivity contribution in [2.45, 2.75) is 19.3 Å². The number of benzene rings is 2. The number of carbonyl (C=O) groups is 1. The average molecular weight is 320 g/mol. The number of amides is 1. The molecule has 0 radical (unpaired) electrons. The van der Waals surface area contributed by atoms with E-state index in [0.29, 0.717) is 30.3 Å². The van der Waals surface area contributed by atoms with Crippen molar-refractivity contribution < 1.29 is 9.53 Å². The van der Waals surface area contributed by atoms with Gasteiger partial charge in [-0.2, -0.15) is 5.26 Å². The van der Waals surface area contributed by atoms with Crippen LogP contribution >= 0.6 is 0 Å². The lowest BCUT2D eigenvalue weighted by atomic mass is 9.90. The molecule has 0 aliphatic carbocycles. The highest BCUT2D eigenvalue weighted by Crippen LogP contribution is 2.23. The van der Waals surface area contributed by atoms with E-state index in [1.807, 2.05) is 12.1 Å². The Labute approximate surface area is 142 Å². The molecule has 2 aromatic rings. The molecule has 1 heterocycles. The van der Waals surface area contributed by atoms with Gasteiger partial charge in [-0.1, -0.05) is 36.4 Å². The van der Waals surface area contributed by atoms with E-state index in [1.165, 1.54) is 5.56 Å². The largest absolute Gasteiger partial charge is 0.415 e. The molecular weight excluding hydrogens is 300 g/mol. The predicted octanol–water partition coefficient (Wildman–Crippen LogP) is 4.01. The second kappa shape index (κ2) is 7.65. The minimum absolute atomic E-state index is 0.330. The van der Waals surface area contributed by atoms with E-state index in [-0.39, 0.29) is 6.09 Å². The molecule has 122 valence electrons. The van der Waals surface area contributed by atoms with Gasteiger partial charge >= 0.3 is 6.09 Å². The van der Waals surface area contributed by atoms with Crippen LogP contribution in [0, 0.1) is 17.2 Å². The molecule has 2 aromatic carbocycles. The van der Waals surface area contributed by atoms with Gasteiger partial charge in [0, 0.05) is 13.1 Å². The number of hydrogen-bond donors (Lipinski definition) is 0. The molecule has 1 amide bonds. The summed E-state index contributed by atoms with van der Waals surface area (Å²) < 4.78 is 5.39. The fraction of sp³-hybridized carbons (Fsp3) is 0.300. The van der Waals surface area contributed by atoms with E-state index >= 15 is 0 Å². The van der Waals surface area contributed by atoms with E-state index in [4.69, 9.17) is 10.00 Å². The highest BCUT2D eigenvalue weighted by molar-refractivity contribution is 5.71. The maximum absolute atomic E-state index is 12.3. The summed E-state index contributed by atoms with van der Waals surface area (Å²) in [6.07, 6.45) is 2.71. The Hall–Kier alpha value is -2.80. The Kier molecular flexibility index (Phi) is 5.12. The molecule has 4 heteroatoms. The molecule has 4 nitrogen and oxygen atoms in total. The highest BCUT2D eigenvalue weighted by Gasteiger charge is 2.24. The molecule has 0 atom stereocenters. The summed E-state index contributed by atoms with van der Waals surface area (Å²) in [6.45, 7) is 1.43. The number of rotatable bonds is 3. The number of hydrogen-bond acceptors (Lipinski definition) is 3. The first-order valence-corrected chi connectivity index (χ1v) is 8.25. The molecule has 0 saturated carbocycles. The lowest BCUT2D eigenvalue weighted by molar-refractivity contribution is 0.131. The van der Waals surface area contributed by atoms with Crippen LogP contribution in [0.1, 0.15) is 24.0 Å². The van der Waals surface area contributed by atoms with Gasteiger partial charge in [-0.3, -0.25) is 0 Å². The minimum atomic E-state index is -0.330. The number of ether oxygens (including phenoxy) is 1. The molecule has 1 saturated heterocycles. The fourth-order valence-corrected chi connectivity index (χ4v) is 3.06. The van der Waals surface area contributed by atoms with Crippen molar-refractivity contribution >= 4 is 6.09 Å². The molecule has 0 N–H and O–H groups in total. The van der Waals surface area contributed by atoms with Crippen molar-refractivity contribution in [2.24, 2.45) is 5.92 Å². The molecule has 0 unspecified atom stereocenters. The van der Waals surface area contributed by atoms with Crippen LogP contribution < -0.4 is 4.74 Å². The zero-order valence-electron chi connectivity index (χ0n) is 13.5. The molecule has 0 spiro atoms.